The standard InChI is InChI=1S/C11H16N2O4S2/c1-17-11(14)8-13-19(15,16)6-5-18-10-4-2-3-9(12)7-10/h2-4,7,13H,5-6,8,12H2,1H3. The largest absolute Gasteiger partial charge is 0.468 e. The molecule has 0 aliphatic carbocycles. The number of methoxy groups -OCH3 is 1. The van der Waals surface area contributed by atoms with Crippen LogP contribution >= 0.6 is 11.8 Å². The number of esters is 1. The summed E-state index contributed by atoms with van der Waals surface area (Å²) in [5.74, 6) is -0.323. The number of carbonyl (C=O) groups excluding carboxylic acids is 1. The van der Waals surface area contributed by atoms with E-state index in [1.54, 1.807) is 12.1 Å². The zero-order chi connectivity index (χ0) is 14.3. The van der Waals surface area contributed by atoms with E-state index in [9.17, 15) is 13.2 Å². The van der Waals surface area contributed by atoms with Crippen LogP contribution in [-0.2, 0) is 19.6 Å². The molecule has 8 heteroatoms. The Labute approximate surface area is 116 Å². The van der Waals surface area contributed by atoms with E-state index in [1.165, 1.54) is 18.9 Å². The number of ether oxygens (including phenoxy) is 1. The Hall–Kier alpha value is -1.25. The van der Waals surface area contributed by atoms with E-state index in [0.717, 1.165) is 4.90 Å². The molecule has 0 aromatic heterocycles. The predicted molar refractivity (Wildman–Crippen MR) is 75.4 cm³/mol. The van der Waals surface area contributed by atoms with Gasteiger partial charge in [-0.25, -0.2) is 13.1 Å². The average molecular weight is 304 g/mol. The number of nitrogens with two attached hydrogens (primary N) is 1. The minimum absolute atomic E-state index is 0.0799. The Morgan fingerprint density at radius 1 is 1.47 bits per heavy atom. The van der Waals surface area contributed by atoms with Gasteiger partial charge in [0.25, 0.3) is 0 Å². The highest BCUT2D eigenvalue weighted by Gasteiger charge is 2.12. The quantitative estimate of drug-likeness (QED) is 0.431. The molecule has 19 heavy (non-hydrogen) atoms. The monoisotopic (exact) mass is 304 g/mol. The van der Waals surface area contributed by atoms with Crippen LogP contribution in [0.15, 0.2) is 29.2 Å². The minimum Gasteiger partial charge on any atom is -0.468 e. The van der Waals surface area contributed by atoms with E-state index in [0.29, 0.717) is 11.4 Å². The fraction of sp³-hybridized carbons (Fsp3) is 0.364. The smallest absolute Gasteiger partial charge is 0.320 e. The molecule has 0 saturated carbocycles. The van der Waals surface area contributed by atoms with Gasteiger partial charge in [-0.3, -0.25) is 4.79 Å². The zero-order valence-electron chi connectivity index (χ0n) is 10.5. The van der Waals surface area contributed by atoms with Gasteiger partial charge in [-0.2, -0.15) is 0 Å². The second-order valence-corrected chi connectivity index (χ2v) is 6.73. The van der Waals surface area contributed by atoms with Crippen LogP contribution in [0.1, 0.15) is 0 Å². The Morgan fingerprint density at radius 3 is 2.84 bits per heavy atom. The molecule has 0 heterocycles. The first-order valence-electron chi connectivity index (χ1n) is 5.45. The molecule has 0 aliphatic heterocycles. The number of sulfonamides is 1. The lowest BCUT2D eigenvalue weighted by Gasteiger charge is -2.06. The Morgan fingerprint density at radius 2 is 2.21 bits per heavy atom. The SMILES string of the molecule is COC(=O)CNS(=O)(=O)CCSc1cccc(N)c1. The van der Waals surface area contributed by atoms with Crippen molar-refractivity contribution in [3.63, 3.8) is 0 Å². The molecule has 0 aliphatic rings. The molecular formula is C11H16N2O4S2. The zero-order valence-corrected chi connectivity index (χ0v) is 12.1. The minimum atomic E-state index is -3.47. The third-order valence-corrected chi connectivity index (χ3v) is 4.72. The highest BCUT2D eigenvalue weighted by atomic mass is 32.2. The van der Waals surface area contributed by atoms with Crippen molar-refractivity contribution in [1.82, 2.24) is 4.72 Å². The number of anilines is 1. The van der Waals surface area contributed by atoms with Gasteiger partial charge in [-0.05, 0) is 18.2 Å². The molecule has 0 atom stereocenters. The average Bonchev–Trinajstić information content (AvgIpc) is 2.36. The fourth-order valence-corrected chi connectivity index (χ4v) is 3.51. The summed E-state index contributed by atoms with van der Waals surface area (Å²) in [4.78, 5) is 11.7. The predicted octanol–water partition coefficient (Wildman–Crippen LogP) is 0.453. The molecule has 0 bridgehead atoms. The summed E-state index contributed by atoms with van der Waals surface area (Å²) in [5, 5.41) is 0. The van der Waals surface area contributed by atoms with Crippen molar-refractivity contribution in [2.75, 3.05) is 30.9 Å². The molecule has 1 aromatic carbocycles. The van der Waals surface area contributed by atoms with Crippen LogP contribution in [0, 0.1) is 0 Å². The first-order valence-corrected chi connectivity index (χ1v) is 8.09. The first kappa shape index (κ1) is 15.8. The van der Waals surface area contributed by atoms with Crippen LogP contribution in [0.4, 0.5) is 5.69 Å². The summed E-state index contributed by atoms with van der Waals surface area (Å²) in [6, 6.07) is 7.20. The van der Waals surface area contributed by atoms with Gasteiger partial charge in [0.1, 0.15) is 6.54 Å². The first-order chi connectivity index (χ1) is 8.93. The van der Waals surface area contributed by atoms with E-state index >= 15 is 0 Å². The molecular weight excluding hydrogens is 288 g/mol. The number of hydrogen-bond donors (Lipinski definition) is 2. The van der Waals surface area contributed by atoms with Crippen molar-refractivity contribution in [2.24, 2.45) is 0 Å². The van der Waals surface area contributed by atoms with E-state index < -0.39 is 16.0 Å². The molecule has 0 radical (unpaired) electrons. The number of thioether (sulfide) groups is 1. The highest BCUT2D eigenvalue weighted by molar-refractivity contribution is 8.00. The van der Waals surface area contributed by atoms with Crippen molar-refractivity contribution in [3.05, 3.63) is 24.3 Å². The molecule has 3 N–H and O–H groups in total. The number of benzene rings is 1. The second kappa shape index (κ2) is 7.37. The summed E-state index contributed by atoms with van der Waals surface area (Å²) in [7, 11) is -2.27. The summed E-state index contributed by atoms with van der Waals surface area (Å²) >= 11 is 1.39. The highest BCUT2D eigenvalue weighted by Crippen LogP contribution is 2.20. The third-order valence-electron chi connectivity index (χ3n) is 2.14. The maximum atomic E-state index is 11.6. The summed E-state index contributed by atoms with van der Waals surface area (Å²) < 4.78 is 29.6. The molecule has 0 spiro atoms. The topological polar surface area (TPSA) is 98.5 Å². The number of rotatable bonds is 7. The Bertz CT molecular complexity index is 531. The lowest BCUT2D eigenvalue weighted by molar-refractivity contribution is -0.139. The van der Waals surface area contributed by atoms with Crippen LogP contribution in [0.2, 0.25) is 0 Å². The van der Waals surface area contributed by atoms with Crippen LogP contribution in [0.25, 0.3) is 0 Å². The Balaban J connectivity index is 2.37. The van der Waals surface area contributed by atoms with Gasteiger partial charge in [0, 0.05) is 16.3 Å². The number of nitrogens with one attached hydrogen (secondary N) is 1. The molecule has 0 amide bonds. The van der Waals surface area contributed by atoms with Crippen molar-refractivity contribution in [1.29, 1.82) is 0 Å². The molecule has 106 valence electrons. The van der Waals surface area contributed by atoms with E-state index in [2.05, 4.69) is 9.46 Å². The third kappa shape index (κ3) is 6.46. The van der Waals surface area contributed by atoms with Crippen molar-refractivity contribution in [2.45, 2.75) is 4.90 Å². The van der Waals surface area contributed by atoms with Crippen LogP contribution in [-0.4, -0.2) is 39.5 Å². The van der Waals surface area contributed by atoms with Gasteiger partial charge in [-0.1, -0.05) is 6.07 Å². The van der Waals surface area contributed by atoms with Crippen molar-refractivity contribution in [3.8, 4) is 0 Å². The van der Waals surface area contributed by atoms with Gasteiger partial charge in [0.2, 0.25) is 10.0 Å². The van der Waals surface area contributed by atoms with Crippen molar-refractivity contribution >= 4 is 33.4 Å². The maximum Gasteiger partial charge on any atom is 0.320 e. The van der Waals surface area contributed by atoms with Gasteiger partial charge in [-0.15, -0.1) is 11.8 Å². The normalized spacial score (nSPS) is 11.2. The van der Waals surface area contributed by atoms with Gasteiger partial charge in [0.15, 0.2) is 0 Å². The van der Waals surface area contributed by atoms with Gasteiger partial charge < -0.3 is 10.5 Å². The fourth-order valence-electron chi connectivity index (χ4n) is 1.19. The Kier molecular flexibility index (Phi) is 6.13. The van der Waals surface area contributed by atoms with Crippen LogP contribution in [0.5, 0.6) is 0 Å². The summed E-state index contributed by atoms with van der Waals surface area (Å²) in [6.07, 6.45) is 0. The van der Waals surface area contributed by atoms with Gasteiger partial charge in [0.05, 0.1) is 12.9 Å². The van der Waals surface area contributed by atoms with E-state index in [1.807, 2.05) is 12.1 Å². The molecule has 6 nitrogen and oxygen atoms in total. The molecule has 0 saturated heterocycles. The lowest BCUT2D eigenvalue weighted by Crippen LogP contribution is -2.32. The van der Waals surface area contributed by atoms with Crippen LogP contribution in [0.3, 0.4) is 0 Å². The summed E-state index contributed by atoms with van der Waals surface area (Å²) in [6.45, 7) is -0.345. The molecule has 1 rings (SSSR count). The second-order valence-electron chi connectivity index (χ2n) is 3.64. The molecule has 0 fully saturated rings. The number of hydrogen-bond acceptors (Lipinski definition) is 6. The van der Waals surface area contributed by atoms with Crippen molar-refractivity contribution < 1.29 is 17.9 Å². The number of nitrogen functional groups attached to an aromatic ring is 1. The van der Waals surface area contributed by atoms with E-state index in [4.69, 9.17) is 5.73 Å². The molecule has 0 unspecified atom stereocenters. The van der Waals surface area contributed by atoms with E-state index in [-0.39, 0.29) is 12.3 Å². The lowest BCUT2D eigenvalue weighted by atomic mass is 10.3. The number of carbonyl (C=O) groups is 1. The summed E-state index contributed by atoms with van der Waals surface area (Å²) in [5.41, 5.74) is 6.25. The maximum absolute atomic E-state index is 11.6. The van der Waals surface area contributed by atoms with Gasteiger partial charge >= 0.3 is 5.97 Å². The molecule has 1 aromatic rings. The van der Waals surface area contributed by atoms with Crippen LogP contribution < -0.4 is 10.5 Å².